The Morgan fingerprint density at radius 2 is 2.50 bits per heavy atom. The molecular formula is C9H17NO2. The summed E-state index contributed by atoms with van der Waals surface area (Å²) in [5, 5.41) is 2.91. The summed E-state index contributed by atoms with van der Waals surface area (Å²) < 4.78 is 5.35. The van der Waals surface area contributed by atoms with Gasteiger partial charge >= 0.3 is 0 Å². The molecular weight excluding hydrogens is 154 g/mol. The van der Waals surface area contributed by atoms with Crippen LogP contribution in [0.5, 0.6) is 0 Å². The fourth-order valence-electron chi connectivity index (χ4n) is 1.76. The molecule has 1 aliphatic heterocycles. The van der Waals surface area contributed by atoms with E-state index in [1.54, 1.807) is 0 Å². The lowest BCUT2D eigenvalue weighted by Crippen LogP contribution is -2.20. The summed E-state index contributed by atoms with van der Waals surface area (Å²) >= 11 is 0. The Morgan fingerprint density at radius 1 is 1.67 bits per heavy atom. The van der Waals surface area contributed by atoms with Crippen LogP contribution < -0.4 is 0 Å². The van der Waals surface area contributed by atoms with Crippen molar-refractivity contribution in [3.8, 4) is 0 Å². The van der Waals surface area contributed by atoms with Gasteiger partial charge in [0.05, 0.1) is 6.54 Å². The van der Waals surface area contributed by atoms with E-state index >= 15 is 0 Å². The first-order valence-electron chi connectivity index (χ1n) is 4.69. The molecule has 0 saturated carbocycles. The number of nitrogens with zero attached hydrogens (tertiary/aromatic N) is 1. The second-order valence-electron chi connectivity index (χ2n) is 3.74. The molecule has 3 heteroatoms. The van der Waals surface area contributed by atoms with Crippen LogP contribution in [0, 0.1) is 16.7 Å². The van der Waals surface area contributed by atoms with E-state index in [0.29, 0.717) is 18.4 Å². The highest BCUT2D eigenvalue weighted by Crippen LogP contribution is 2.21. The average Bonchev–Trinajstić information content (AvgIpc) is 2.06. The molecule has 12 heavy (non-hydrogen) atoms. The summed E-state index contributed by atoms with van der Waals surface area (Å²) in [6.45, 7) is 4.33. The van der Waals surface area contributed by atoms with Gasteiger partial charge in [-0.1, -0.05) is 12.1 Å². The van der Waals surface area contributed by atoms with Crippen LogP contribution >= 0.6 is 0 Å². The Balaban J connectivity index is 2.15. The minimum atomic E-state index is 0.425. The van der Waals surface area contributed by atoms with Crippen molar-refractivity contribution >= 4 is 0 Å². The van der Waals surface area contributed by atoms with Crippen LogP contribution in [-0.2, 0) is 4.74 Å². The van der Waals surface area contributed by atoms with Gasteiger partial charge in [0.25, 0.3) is 0 Å². The Kier molecular flexibility index (Phi) is 4.22. The van der Waals surface area contributed by atoms with E-state index in [4.69, 9.17) is 4.74 Å². The van der Waals surface area contributed by atoms with Crippen LogP contribution in [-0.4, -0.2) is 19.8 Å². The maximum atomic E-state index is 9.98. The van der Waals surface area contributed by atoms with Crippen LogP contribution in [0.25, 0.3) is 0 Å². The van der Waals surface area contributed by atoms with Crippen molar-refractivity contribution in [2.24, 2.45) is 17.0 Å². The Hall–Kier alpha value is -0.440. The van der Waals surface area contributed by atoms with Gasteiger partial charge in [-0.2, -0.15) is 4.91 Å². The molecule has 0 aromatic carbocycles. The first kappa shape index (κ1) is 9.65. The number of hydrogen-bond donors (Lipinski definition) is 0. The van der Waals surface area contributed by atoms with Crippen molar-refractivity contribution in [1.29, 1.82) is 0 Å². The molecule has 1 rings (SSSR count). The predicted molar refractivity (Wildman–Crippen MR) is 48.0 cm³/mol. The Labute approximate surface area is 73.5 Å². The lowest BCUT2D eigenvalue weighted by Gasteiger charge is -2.23. The zero-order valence-corrected chi connectivity index (χ0v) is 7.66. The fourth-order valence-corrected chi connectivity index (χ4v) is 1.76. The highest BCUT2D eigenvalue weighted by Gasteiger charge is 2.16. The van der Waals surface area contributed by atoms with Gasteiger partial charge in [-0.3, -0.25) is 0 Å². The molecule has 1 heterocycles. The van der Waals surface area contributed by atoms with Crippen molar-refractivity contribution in [3.05, 3.63) is 4.91 Å². The summed E-state index contributed by atoms with van der Waals surface area (Å²) in [4.78, 5) is 9.98. The average molecular weight is 171 g/mol. The molecule has 0 spiro atoms. The standard InChI is InChI=1S/C9H17NO2/c1-8(6-10-11)5-9-3-2-4-12-7-9/h8-9H,2-7H2,1H3/t8?,9-/m1/s1. The number of ether oxygens (including phenoxy) is 1. The Morgan fingerprint density at radius 3 is 3.08 bits per heavy atom. The smallest absolute Gasteiger partial charge is 0.0836 e. The molecule has 0 radical (unpaired) electrons. The highest BCUT2D eigenvalue weighted by molar-refractivity contribution is 4.67. The lowest BCUT2D eigenvalue weighted by molar-refractivity contribution is 0.0465. The van der Waals surface area contributed by atoms with Crippen LogP contribution in [0.3, 0.4) is 0 Å². The van der Waals surface area contributed by atoms with Crippen molar-refractivity contribution in [3.63, 3.8) is 0 Å². The number of hydrogen-bond acceptors (Lipinski definition) is 3. The zero-order chi connectivity index (χ0) is 8.81. The van der Waals surface area contributed by atoms with Crippen molar-refractivity contribution in [1.82, 2.24) is 0 Å². The van der Waals surface area contributed by atoms with E-state index in [0.717, 1.165) is 19.6 Å². The van der Waals surface area contributed by atoms with Crippen molar-refractivity contribution in [2.45, 2.75) is 26.2 Å². The molecule has 0 amide bonds. The van der Waals surface area contributed by atoms with E-state index in [1.165, 1.54) is 12.8 Å². The minimum absolute atomic E-state index is 0.425. The quantitative estimate of drug-likeness (QED) is 0.608. The third kappa shape index (κ3) is 3.30. The van der Waals surface area contributed by atoms with Gasteiger partial charge in [0.1, 0.15) is 0 Å². The molecule has 2 atom stereocenters. The van der Waals surface area contributed by atoms with Gasteiger partial charge in [-0.15, -0.1) is 0 Å². The van der Waals surface area contributed by atoms with Crippen LogP contribution in [0.4, 0.5) is 0 Å². The van der Waals surface area contributed by atoms with E-state index < -0.39 is 0 Å². The number of nitroso groups, excluding NO2 is 1. The molecule has 70 valence electrons. The molecule has 0 bridgehead atoms. The molecule has 0 N–H and O–H groups in total. The first-order chi connectivity index (χ1) is 5.83. The molecule has 1 fully saturated rings. The third-order valence-electron chi connectivity index (χ3n) is 2.38. The highest BCUT2D eigenvalue weighted by atomic mass is 16.5. The molecule has 3 nitrogen and oxygen atoms in total. The summed E-state index contributed by atoms with van der Waals surface area (Å²) in [5.74, 6) is 1.09. The summed E-state index contributed by atoms with van der Waals surface area (Å²) in [6.07, 6.45) is 3.51. The molecule has 0 aliphatic carbocycles. The lowest BCUT2D eigenvalue weighted by atomic mass is 9.91. The first-order valence-corrected chi connectivity index (χ1v) is 4.69. The summed E-state index contributed by atoms with van der Waals surface area (Å²) in [5.41, 5.74) is 0. The van der Waals surface area contributed by atoms with Crippen LogP contribution in [0.2, 0.25) is 0 Å². The summed E-state index contributed by atoms with van der Waals surface area (Å²) in [6, 6.07) is 0. The van der Waals surface area contributed by atoms with Gasteiger partial charge in [0.2, 0.25) is 0 Å². The normalized spacial score (nSPS) is 26.6. The molecule has 0 aromatic heterocycles. The van der Waals surface area contributed by atoms with E-state index in [1.807, 2.05) is 0 Å². The van der Waals surface area contributed by atoms with Gasteiger partial charge in [-0.05, 0) is 31.1 Å². The molecule has 1 aliphatic rings. The van der Waals surface area contributed by atoms with E-state index in [-0.39, 0.29) is 0 Å². The van der Waals surface area contributed by atoms with E-state index in [9.17, 15) is 4.91 Å². The monoisotopic (exact) mass is 171 g/mol. The molecule has 1 unspecified atom stereocenters. The predicted octanol–water partition coefficient (Wildman–Crippen LogP) is 2.21. The fraction of sp³-hybridized carbons (Fsp3) is 1.00. The topological polar surface area (TPSA) is 38.7 Å². The van der Waals surface area contributed by atoms with Gasteiger partial charge in [0, 0.05) is 13.2 Å². The Bertz CT molecular complexity index is 132. The van der Waals surface area contributed by atoms with Crippen molar-refractivity contribution < 1.29 is 4.74 Å². The van der Waals surface area contributed by atoms with Gasteiger partial charge in [0.15, 0.2) is 0 Å². The van der Waals surface area contributed by atoms with Gasteiger partial charge < -0.3 is 4.74 Å². The maximum absolute atomic E-state index is 9.98. The SMILES string of the molecule is CC(CN=O)C[C@H]1CCCOC1. The largest absolute Gasteiger partial charge is 0.381 e. The van der Waals surface area contributed by atoms with Gasteiger partial charge in [-0.25, -0.2) is 0 Å². The molecule has 0 aromatic rings. The van der Waals surface area contributed by atoms with Crippen LogP contribution in [0.15, 0.2) is 5.18 Å². The molecule has 1 saturated heterocycles. The van der Waals surface area contributed by atoms with Crippen LogP contribution in [0.1, 0.15) is 26.2 Å². The van der Waals surface area contributed by atoms with E-state index in [2.05, 4.69) is 12.1 Å². The second kappa shape index (κ2) is 5.25. The minimum Gasteiger partial charge on any atom is -0.381 e. The summed E-state index contributed by atoms with van der Waals surface area (Å²) in [7, 11) is 0. The third-order valence-corrected chi connectivity index (χ3v) is 2.38. The second-order valence-corrected chi connectivity index (χ2v) is 3.74. The maximum Gasteiger partial charge on any atom is 0.0836 e. The zero-order valence-electron chi connectivity index (χ0n) is 7.66. The van der Waals surface area contributed by atoms with Crippen molar-refractivity contribution in [2.75, 3.05) is 19.8 Å². The number of rotatable bonds is 4.